The van der Waals surface area contributed by atoms with Crippen molar-refractivity contribution in [3.05, 3.63) is 29.3 Å². The Morgan fingerprint density at radius 1 is 1.24 bits per heavy atom. The summed E-state index contributed by atoms with van der Waals surface area (Å²) < 4.78 is 4.91. The molecule has 0 radical (unpaired) electrons. The summed E-state index contributed by atoms with van der Waals surface area (Å²) in [5.74, 6) is -0.115. The van der Waals surface area contributed by atoms with Crippen LogP contribution in [0.1, 0.15) is 29.3 Å². The van der Waals surface area contributed by atoms with Crippen LogP contribution in [0.15, 0.2) is 18.2 Å². The third-order valence-electron chi connectivity index (χ3n) is 2.88. The summed E-state index contributed by atoms with van der Waals surface area (Å²) in [6, 6.07) is 4.92. The Hall–Kier alpha value is -2.08. The summed E-state index contributed by atoms with van der Waals surface area (Å²) in [4.78, 5) is 23.4. The van der Waals surface area contributed by atoms with Crippen molar-refractivity contribution < 1.29 is 14.3 Å². The number of methoxy groups -OCH3 is 1. The molecule has 0 aliphatic heterocycles. The van der Waals surface area contributed by atoms with E-state index in [-0.39, 0.29) is 11.9 Å². The van der Waals surface area contributed by atoms with Crippen LogP contribution < -0.4 is 16.0 Å². The lowest BCUT2D eigenvalue weighted by Gasteiger charge is -2.11. The van der Waals surface area contributed by atoms with Gasteiger partial charge in [0.05, 0.1) is 0 Å². The molecule has 3 amide bonds. The maximum absolute atomic E-state index is 11.7. The summed E-state index contributed by atoms with van der Waals surface area (Å²) >= 11 is 0. The quantitative estimate of drug-likeness (QED) is 0.672. The Morgan fingerprint density at radius 2 is 2.00 bits per heavy atom. The van der Waals surface area contributed by atoms with Gasteiger partial charge in [-0.3, -0.25) is 4.79 Å². The number of rotatable bonds is 7. The van der Waals surface area contributed by atoms with Crippen molar-refractivity contribution in [1.82, 2.24) is 10.6 Å². The zero-order chi connectivity index (χ0) is 15.7. The SMILES string of the molecule is CCNC(=O)c1ccc(NC(=O)NCCCOC)c(C)c1. The number of benzene rings is 1. The number of carbonyl (C=O) groups is 2. The summed E-state index contributed by atoms with van der Waals surface area (Å²) in [6.45, 7) is 5.47. The lowest BCUT2D eigenvalue weighted by molar-refractivity contribution is 0.0955. The molecule has 6 heteroatoms. The van der Waals surface area contributed by atoms with Gasteiger partial charge in [0.2, 0.25) is 0 Å². The van der Waals surface area contributed by atoms with Crippen LogP contribution in [-0.4, -0.2) is 38.7 Å². The molecule has 0 atom stereocenters. The molecule has 116 valence electrons. The van der Waals surface area contributed by atoms with Gasteiger partial charge in [0.25, 0.3) is 5.91 Å². The van der Waals surface area contributed by atoms with Crippen LogP contribution in [0.3, 0.4) is 0 Å². The minimum Gasteiger partial charge on any atom is -0.385 e. The molecule has 0 aliphatic rings. The lowest BCUT2D eigenvalue weighted by atomic mass is 10.1. The molecular formula is C15H23N3O3. The van der Waals surface area contributed by atoms with Crippen LogP contribution in [0.4, 0.5) is 10.5 Å². The number of anilines is 1. The first-order valence-corrected chi connectivity index (χ1v) is 7.01. The fourth-order valence-electron chi connectivity index (χ4n) is 1.79. The highest BCUT2D eigenvalue weighted by atomic mass is 16.5. The Balaban J connectivity index is 2.56. The van der Waals surface area contributed by atoms with Crippen LogP contribution >= 0.6 is 0 Å². The first kappa shape index (κ1) is 17.0. The highest BCUT2D eigenvalue weighted by molar-refractivity contribution is 5.96. The first-order valence-electron chi connectivity index (χ1n) is 7.01. The van der Waals surface area contributed by atoms with Crippen molar-refractivity contribution in [1.29, 1.82) is 0 Å². The highest BCUT2D eigenvalue weighted by Gasteiger charge is 2.08. The van der Waals surface area contributed by atoms with Gasteiger partial charge < -0.3 is 20.7 Å². The molecule has 21 heavy (non-hydrogen) atoms. The molecule has 0 saturated carbocycles. The maximum atomic E-state index is 11.7. The molecule has 1 rings (SSSR count). The molecule has 1 aromatic carbocycles. The van der Waals surface area contributed by atoms with E-state index in [1.54, 1.807) is 25.3 Å². The molecule has 0 unspecified atom stereocenters. The van der Waals surface area contributed by atoms with Gasteiger partial charge in [0.15, 0.2) is 0 Å². The number of amides is 3. The van der Waals surface area contributed by atoms with E-state index in [2.05, 4.69) is 16.0 Å². The van der Waals surface area contributed by atoms with Crippen LogP contribution in [0, 0.1) is 6.92 Å². The van der Waals surface area contributed by atoms with Crippen LogP contribution in [0.5, 0.6) is 0 Å². The van der Waals surface area contributed by atoms with Gasteiger partial charge in [-0.25, -0.2) is 4.79 Å². The van der Waals surface area contributed by atoms with E-state index in [0.29, 0.717) is 30.9 Å². The van der Waals surface area contributed by atoms with Crippen molar-refractivity contribution in [2.45, 2.75) is 20.3 Å². The van der Waals surface area contributed by atoms with Crippen molar-refractivity contribution >= 4 is 17.6 Å². The van der Waals surface area contributed by atoms with E-state index < -0.39 is 0 Å². The van der Waals surface area contributed by atoms with Crippen molar-refractivity contribution in [2.24, 2.45) is 0 Å². The van der Waals surface area contributed by atoms with Crippen LogP contribution in [-0.2, 0) is 4.74 Å². The predicted octanol–water partition coefficient (Wildman–Crippen LogP) is 1.90. The highest BCUT2D eigenvalue weighted by Crippen LogP contribution is 2.16. The number of ether oxygens (including phenoxy) is 1. The van der Waals surface area contributed by atoms with E-state index in [1.165, 1.54) is 0 Å². The largest absolute Gasteiger partial charge is 0.385 e. The fraction of sp³-hybridized carbons (Fsp3) is 0.467. The zero-order valence-corrected chi connectivity index (χ0v) is 12.8. The minimum absolute atomic E-state index is 0.115. The third kappa shape index (κ3) is 5.83. The van der Waals surface area contributed by atoms with Crippen molar-refractivity contribution in [2.75, 3.05) is 32.1 Å². The Kier molecular flexibility index (Phi) is 7.25. The molecule has 1 aromatic rings. The monoisotopic (exact) mass is 293 g/mol. The second-order valence-electron chi connectivity index (χ2n) is 4.62. The lowest BCUT2D eigenvalue weighted by Crippen LogP contribution is -2.30. The Bertz CT molecular complexity index is 489. The van der Waals surface area contributed by atoms with Crippen LogP contribution in [0.25, 0.3) is 0 Å². The molecule has 0 aromatic heterocycles. The van der Waals surface area contributed by atoms with Crippen molar-refractivity contribution in [3.63, 3.8) is 0 Å². The maximum Gasteiger partial charge on any atom is 0.319 e. The predicted molar refractivity (Wildman–Crippen MR) is 82.7 cm³/mol. The number of nitrogens with one attached hydrogen (secondary N) is 3. The normalized spacial score (nSPS) is 10.0. The summed E-state index contributed by atoms with van der Waals surface area (Å²) in [6.07, 6.45) is 0.763. The Labute approximate surface area is 125 Å². The minimum atomic E-state index is -0.264. The Morgan fingerprint density at radius 3 is 2.62 bits per heavy atom. The number of aryl methyl sites for hydroxylation is 1. The second-order valence-corrected chi connectivity index (χ2v) is 4.62. The molecule has 0 spiro atoms. The smallest absolute Gasteiger partial charge is 0.319 e. The van der Waals surface area contributed by atoms with E-state index >= 15 is 0 Å². The van der Waals surface area contributed by atoms with Gasteiger partial charge in [0, 0.05) is 38.1 Å². The molecule has 3 N–H and O–H groups in total. The van der Waals surface area contributed by atoms with Gasteiger partial charge in [-0.15, -0.1) is 0 Å². The molecule has 0 saturated heterocycles. The van der Waals surface area contributed by atoms with Gasteiger partial charge in [0.1, 0.15) is 0 Å². The van der Waals surface area contributed by atoms with E-state index in [4.69, 9.17) is 4.74 Å². The topological polar surface area (TPSA) is 79.5 Å². The second kappa shape index (κ2) is 8.97. The number of hydrogen-bond acceptors (Lipinski definition) is 3. The van der Waals surface area contributed by atoms with Gasteiger partial charge in [-0.1, -0.05) is 0 Å². The first-order chi connectivity index (χ1) is 10.1. The van der Waals surface area contributed by atoms with E-state index in [9.17, 15) is 9.59 Å². The number of hydrogen-bond donors (Lipinski definition) is 3. The molecule has 6 nitrogen and oxygen atoms in total. The third-order valence-corrected chi connectivity index (χ3v) is 2.88. The van der Waals surface area contributed by atoms with Gasteiger partial charge in [-0.05, 0) is 44.0 Å². The zero-order valence-electron chi connectivity index (χ0n) is 12.8. The van der Waals surface area contributed by atoms with Gasteiger partial charge in [-0.2, -0.15) is 0 Å². The fourth-order valence-corrected chi connectivity index (χ4v) is 1.79. The number of urea groups is 1. The molecule has 0 fully saturated rings. The summed E-state index contributed by atoms with van der Waals surface area (Å²) in [5.41, 5.74) is 2.11. The molecule has 0 heterocycles. The summed E-state index contributed by atoms with van der Waals surface area (Å²) in [5, 5.41) is 8.24. The number of carbonyl (C=O) groups excluding carboxylic acids is 2. The average molecular weight is 293 g/mol. The average Bonchev–Trinajstić information content (AvgIpc) is 2.46. The van der Waals surface area contributed by atoms with Crippen molar-refractivity contribution in [3.8, 4) is 0 Å². The van der Waals surface area contributed by atoms with Crippen LogP contribution in [0.2, 0.25) is 0 Å². The molecule has 0 aliphatic carbocycles. The van der Waals surface area contributed by atoms with E-state index in [1.807, 2.05) is 13.8 Å². The summed E-state index contributed by atoms with van der Waals surface area (Å²) in [7, 11) is 1.62. The molecule has 0 bridgehead atoms. The standard InChI is InChI=1S/C15H23N3O3/c1-4-16-14(19)12-6-7-13(11(2)10-12)18-15(20)17-8-5-9-21-3/h6-7,10H,4-5,8-9H2,1-3H3,(H,16,19)(H2,17,18,20). The van der Waals surface area contributed by atoms with E-state index in [0.717, 1.165) is 12.0 Å². The van der Waals surface area contributed by atoms with Gasteiger partial charge >= 0.3 is 6.03 Å². The molecular weight excluding hydrogens is 270 g/mol.